The predicted molar refractivity (Wildman–Crippen MR) is 85.1 cm³/mol. The van der Waals surface area contributed by atoms with Gasteiger partial charge in [0.25, 0.3) is 0 Å². The lowest BCUT2D eigenvalue weighted by atomic mass is 9.82. The molecule has 21 heavy (non-hydrogen) atoms. The van der Waals surface area contributed by atoms with Gasteiger partial charge < -0.3 is 14.9 Å². The average Bonchev–Trinajstić information content (AvgIpc) is 2.97. The van der Waals surface area contributed by atoms with Crippen molar-refractivity contribution in [3.05, 3.63) is 36.1 Å². The van der Waals surface area contributed by atoms with E-state index in [1.54, 1.807) is 0 Å². The fraction of sp³-hybridized carbons (Fsp3) is 0.556. The van der Waals surface area contributed by atoms with Gasteiger partial charge >= 0.3 is 0 Å². The molecule has 0 saturated heterocycles. The molecule has 0 spiro atoms. The largest absolute Gasteiger partial charge is 0.459 e. The van der Waals surface area contributed by atoms with E-state index in [2.05, 4.69) is 12.1 Å². The van der Waals surface area contributed by atoms with Crippen LogP contribution in [0.4, 0.5) is 0 Å². The molecule has 1 aromatic carbocycles. The Morgan fingerprint density at radius 2 is 2.00 bits per heavy atom. The van der Waals surface area contributed by atoms with Crippen molar-refractivity contribution in [2.24, 2.45) is 11.7 Å². The number of fused-ring (bicyclic) bond motifs is 1. The lowest BCUT2D eigenvalue weighted by Gasteiger charge is -2.33. The van der Waals surface area contributed by atoms with Gasteiger partial charge in [0.15, 0.2) is 0 Å². The zero-order chi connectivity index (χ0) is 14.7. The Labute approximate surface area is 126 Å². The van der Waals surface area contributed by atoms with Crippen LogP contribution in [0.2, 0.25) is 0 Å². The number of nitrogens with two attached hydrogens (primary N) is 1. The molecule has 1 fully saturated rings. The number of rotatable bonds is 5. The molecule has 114 valence electrons. The molecule has 1 heterocycles. The highest BCUT2D eigenvalue weighted by atomic mass is 16.5. The van der Waals surface area contributed by atoms with E-state index >= 15 is 0 Å². The third-order valence-corrected chi connectivity index (χ3v) is 4.60. The first-order valence-electron chi connectivity index (χ1n) is 8.15. The van der Waals surface area contributed by atoms with Gasteiger partial charge in [-0.3, -0.25) is 0 Å². The first-order valence-corrected chi connectivity index (χ1v) is 8.15. The molecule has 3 heteroatoms. The molecule has 3 nitrogen and oxygen atoms in total. The fourth-order valence-electron chi connectivity index (χ4n) is 3.52. The molecule has 1 aliphatic carbocycles. The summed E-state index contributed by atoms with van der Waals surface area (Å²) in [5.41, 5.74) is 7.41. The average molecular weight is 287 g/mol. The summed E-state index contributed by atoms with van der Waals surface area (Å²) in [5.74, 6) is 1.40. The highest BCUT2D eigenvalue weighted by Gasteiger charge is 2.31. The van der Waals surface area contributed by atoms with Crippen LogP contribution >= 0.6 is 0 Å². The normalized spacial score (nSPS) is 19.7. The zero-order valence-corrected chi connectivity index (χ0v) is 12.8. The first kappa shape index (κ1) is 14.6. The summed E-state index contributed by atoms with van der Waals surface area (Å²) >= 11 is 0. The van der Waals surface area contributed by atoms with Crippen molar-refractivity contribution in [1.29, 1.82) is 0 Å². The second-order valence-corrected chi connectivity index (χ2v) is 6.03. The maximum Gasteiger partial charge on any atom is 0.134 e. The Kier molecular flexibility index (Phi) is 4.61. The molecule has 1 aliphatic rings. The van der Waals surface area contributed by atoms with Gasteiger partial charge in [0.05, 0.1) is 12.1 Å². The minimum Gasteiger partial charge on any atom is -0.459 e. The van der Waals surface area contributed by atoms with Gasteiger partial charge in [0, 0.05) is 12.0 Å². The number of hydrogen-bond acceptors (Lipinski definition) is 3. The van der Waals surface area contributed by atoms with Crippen LogP contribution in [0.15, 0.2) is 34.7 Å². The Morgan fingerprint density at radius 1 is 1.24 bits per heavy atom. The van der Waals surface area contributed by atoms with Gasteiger partial charge in [-0.1, -0.05) is 37.5 Å². The summed E-state index contributed by atoms with van der Waals surface area (Å²) in [4.78, 5) is 0. The molecule has 2 atom stereocenters. The van der Waals surface area contributed by atoms with Crippen LogP contribution in [0.3, 0.4) is 0 Å². The summed E-state index contributed by atoms with van der Waals surface area (Å²) in [6.07, 6.45) is 6.44. The highest BCUT2D eigenvalue weighted by Crippen LogP contribution is 2.34. The van der Waals surface area contributed by atoms with Crippen LogP contribution in [-0.4, -0.2) is 12.7 Å². The predicted octanol–water partition coefficient (Wildman–Crippen LogP) is 4.42. The van der Waals surface area contributed by atoms with Crippen LogP contribution in [0.1, 0.15) is 50.8 Å². The summed E-state index contributed by atoms with van der Waals surface area (Å²) in [5, 5.41) is 1.11. The molecule has 2 aromatic rings. The zero-order valence-electron chi connectivity index (χ0n) is 12.8. The standard InChI is InChI=1S/C18H25NO2/c1-2-20-18(13-8-4-3-5-9-13)17(19)16-12-14-10-6-7-11-15(14)21-16/h6-7,10-13,17-18H,2-5,8-9,19H2,1H3. The van der Waals surface area contributed by atoms with Crippen molar-refractivity contribution in [1.82, 2.24) is 0 Å². The summed E-state index contributed by atoms with van der Waals surface area (Å²) in [7, 11) is 0. The number of para-hydroxylation sites is 1. The lowest BCUT2D eigenvalue weighted by molar-refractivity contribution is -0.0136. The minimum atomic E-state index is -0.180. The smallest absolute Gasteiger partial charge is 0.134 e. The van der Waals surface area contributed by atoms with Gasteiger partial charge in [-0.2, -0.15) is 0 Å². The van der Waals surface area contributed by atoms with E-state index in [0.717, 1.165) is 16.7 Å². The Morgan fingerprint density at radius 3 is 2.71 bits per heavy atom. The molecule has 0 aliphatic heterocycles. The van der Waals surface area contributed by atoms with Crippen molar-refractivity contribution >= 4 is 11.0 Å². The highest BCUT2D eigenvalue weighted by molar-refractivity contribution is 5.77. The van der Waals surface area contributed by atoms with Crippen molar-refractivity contribution < 1.29 is 9.15 Å². The van der Waals surface area contributed by atoms with E-state index in [1.807, 2.05) is 25.1 Å². The third-order valence-electron chi connectivity index (χ3n) is 4.60. The molecule has 0 radical (unpaired) electrons. The molecule has 2 unspecified atom stereocenters. The molecule has 1 aromatic heterocycles. The maximum atomic E-state index is 6.50. The van der Waals surface area contributed by atoms with E-state index in [-0.39, 0.29) is 12.1 Å². The monoisotopic (exact) mass is 287 g/mol. The van der Waals surface area contributed by atoms with Crippen LogP contribution < -0.4 is 5.73 Å². The topological polar surface area (TPSA) is 48.4 Å². The summed E-state index contributed by atoms with van der Waals surface area (Å²) < 4.78 is 12.0. The fourth-order valence-corrected chi connectivity index (χ4v) is 3.52. The number of benzene rings is 1. The van der Waals surface area contributed by atoms with Crippen molar-refractivity contribution in [2.75, 3.05) is 6.61 Å². The lowest BCUT2D eigenvalue weighted by Crippen LogP contribution is -2.36. The van der Waals surface area contributed by atoms with E-state index in [0.29, 0.717) is 12.5 Å². The van der Waals surface area contributed by atoms with Crippen LogP contribution in [-0.2, 0) is 4.74 Å². The van der Waals surface area contributed by atoms with E-state index in [4.69, 9.17) is 14.9 Å². The van der Waals surface area contributed by atoms with Gasteiger partial charge in [-0.05, 0) is 37.8 Å². The minimum absolute atomic E-state index is 0.0656. The summed E-state index contributed by atoms with van der Waals surface area (Å²) in [6, 6.07) is 9.94. The van der Waals surface area contributed by atoms with Crippen molar-refractivity contribution in [3.63, 3.8) is 0 Å². The van der Waals surface area contributed by atoms with Crippen molar-refractivity contribution in [2.45, 2.75) is 51.2 Å². The molecule has 0 amide bonds. The molecule has 1 saturated carbocycles. The second-order valence-electron chi connectivity index (χ2n) is 6.03. The van der Waals surface area contributed by atoms with Crippen molar-refractivity contribution in [3.8, 4) is 0 Å². The number of hydrogen-bond donors (Lipinski definition) is 1. The molecule has 0 bridgehead atoms. The van der Waals surface area contributed by atoms with Crippen LogP contribution in [0.5, 0.6) is 0 Å². The van der Waals surface area contributed by atoms with Crippen LogP contribution in [0.25, 0.3) is 11.0 Å². The Hall–Kier alpha value is -1.32. The molecule has 3 rings (SSSR count). The van der Waals surface area contributed by atoms with E-state index < -0.39 is 0 Å². The van der Waals surface area contributed by atoms with E-state index in [9.17, 15) is 0 Å². The van der Waals surface area contributed by atoms with Gasteiger partial charge in [-0.25, -0.2) is 0 Å². The number of ether oxygens (including phenoxy) is 1. The first-order chi connectivity index (χ1) is 10.3. The second kappa shape index (κ2) is 6.63. The summed E-state index contributed by atoms with van der Waals surface area (Å²) in [6.45, 7) is 2.75. The third kappa shape index (κ3) is 3.14. The molecular weight excluding hydrogens is 262 g/mol. The Balaban J connectivity index is 1.83. The molecule has 2 N–H and O–H groups in total. The van der Waals surface area contributed by atoms with E-state index in [1.165, 1.54) is 32.1 Å². The van der Waals surface area contributed by atoms with Gasteiger partial charge in [0.2, 0.25) is 0 Å². The Bertz CT molecular complexity index is 538. The van der Waals surface area contributed by atoms with Gasteiger partial charge in [0.1, 0.15) is 11.3 Å². The van der Waals surface area contributed by atoms with Crippen LogP contribution in [0, 0.1) is 5.92 Å². The molecular formula is C18H25NO2. The quantitative estimate of drug-likeness (QED) is 0.885. The maximum absolute atomic E-state index is 6.50. The number of furan rings is 1. The SMILES string of the molecule is CCOC(C1CCCCC1)C(N)c1cc2ccccc2o1. The van der Waals surface area contributed by atoms with Gasteiger partial charge in [-0.15, -0.1) is 0 Å².